The van der Waals surface area contributed by atoms with Gasteiger partial charge in [0.2, 0.25) is 10.0 Å². The molecule has 0 spiro atoms. The quantitative estimate of drug-likeness (QED) is 0.694. The molecule has 6 nitrogen and oxygen atoms in total. The predicted molar refractivity (Wildman–Crippen MR) is 118 cm³/mol. The molecule has 0 aliphatic carbocycles. The van der Waals surface area contributed by atoms with E-state index in [2.05, 4.69) is 0 Å². The van der Waals surface area contributed by atoms with Gasteiger partial charge in [-0.25, -0.2) is 17.2 Å². The number of rotatable bonds is 5. The molecule has 0 aromatic heterocycles. The zero-order valence-corrected chi connectivity index (χ0v) is 19.1. The van der Waals surface area contributed by atoms with E-state index in [1.54, 1.807) is 31.2 Å². The second-order valence-electron chi connectivity index (χ2n) is 8.80. The molecule has 2 aliphatic rings. The van der Waals surface area contributed by atoms with Crippen molar-refractivity contribution < 1.29 is 31.8 Å². The fraction of sp³-hybridized carbons (Fsp3) is 0.458. The summed E-state index contributed by atoms with van der Waals surface area (Å²) in [6.07, 6.45) is 1.27. The van der Waals surface area contributed by atoms with Gasteiger partial charge in [0.25, 0.3) is 0 Å². The Morgan fingerprint density at radius 3 is 2.55 bits per heavy atom. The Balaban J connectivity index is 1.63. The number of ether oxygens (including phenoxy) is 1. The average Bonchev–Trinajstić information content (AvgIpc) is 2.79. The van der Waals surface area contributed by atoms with E-state index >= 15 is 8.78 Å². The van der Waals surface area contributed by atoms with Crippen molar-refractivity contribution in [2.24, 2.45) is 5.92 Å². The third-order valence-electron chi connectivity index (χ3n) is 6.76. The highest BCUT2D eigenvalue weighted by Crippen LogP contribution is 2.39. The summed E-state index contributed by atoms with van der Waals surface area (Å²) in [4.78, 5) is 11.6. The number of nitrogens with zero attached hydrogens (tertiary/aromatic N) is 1. The smallest absolute Gasteiger partial charge is 0.307 e. The van der Waals surface area contributed by atoms with Gasteiger partial charge < -0.3 is 9.84 Å². The topological polar surface area (TPSA) is 83.9 Å². The maximum Gasteiger partial charge on any atom is 0.307 e. The van der Waals surface area contributed by atoms with E-state index in [1.165, 1.54) is 4.31 Å². The minimum absolute atomic E-state index is 0.0109. The van der Waals surface area contributed by atoms with Gasteiger partial charge in [0.1, 0.15) is 16.9 Å². The minimum Gasteiger partial charge on any atom is -0.481 e. The second kappa shape index (κ2) is 9.48. The van der Waals surface area contributed by atoms with Crippen LogP contribution in [0.5, 0.6) is 0 Å². The Morgan fingerprint density at radius 2 is 1.85 bits per heavy atom. The largest absolute Gasteiger partial charge is 0.481 e. The molecule has 2 aromatic rings. The first kappa shape index (κ1) is 23.8. The summed E-state index contributed by atoms with van der Waals surface area (Å²) in [5.74, 6) is -4.26. The van der Waals surface area contributed by atoms with E-state index < -0.39 is 44.7 Å². The molecule has 4 atom stereocenters. The van der Waals surface area contributed by atoms with Crippen LogP contribution in [0.25, 0.3) is 0 Å². The standard InChI is InChI=1S/C24H27F2NO5S/c1-15-7-8-23(16-5-3-2-4-6-16)33(30,31)27(15)13-17-11-22(26)19(12-21(17)25)20-14-32-10-9-18(20)24(28)29/h2-6,11-12,15,18,20,23H,7-10,13-14H2,1H3,(H,28,29)/t15-,18+,20+,23+/m0/s1. The Morgan fingerprint density at radius 1 is 1.12 bits per heavy atom. The van der Waals surface area contributed by atoms with Gasteiger partial charge in [0, 0.05) is 30.7 Å². The summed E-state index contributed by atoms with van der Waals surface area (Å²) < 4.78 is 63.5. The Bertz CT molecular complexity index is 1130. The van der Waals surface area contributed by atoms with Crippen LogP contribution < -0.4 is 0 Å². The molecule has 33 heavy (non-hydrogen) atoms. The van der Waals surface area contributed by atoms with Gasteiger partial charge >= 0.3 is 5.97 Å². The molecular formula is C24H27F2NO5S. The number of carbonyl (C=O) groups is 1. The van der Waals surface area contributed by atoms with E-state index in [4.69, 9.17) is 4.74 Å². The van der Waals surface area contributed by atoms with Crippen molar-refractivity contribution in [2.45, 2.75) is 49.9 Å². The maximum absolute atomic E-state index is 15.1. The minimum atomic E-state index is -3.80. The first-order chi connectivity index (χ1) is 15.7. The molecule has 0 radical (unpaired) electrons. The van der Waals surface area contributed by atoms with Crippen LogP contribution in [0, 0.1) is 17.6 Å². The van der Waals surface area contributed by atoms with Crippen LogP contribution in [0.15, 0.2) is 42.5 Å². The number of carboxylic acid groups (broad SMARTS) is 1. The molecule has 2 saturated heterocycles. The van der Waals surface area contributed by atoms with Crippen molar-refractivity contribution in [3.63, 3.8) is 0 Å². The van der Waals surface area contributed by atoms with Crippen molar-refractivity contribution in [3.05, 3.63) is 70.8 Å². The van der Waals surface area contributed by atoms with Crippen LogP contribution in [-0.4, -0.2) is 43.1 Å². The van der Waals surface area contributed by atoms with Crippen LogP contribution in [-0.2, 0) is 26.1 Å². The van der Waals surface area contributed by atoms with Gasteiger partial charge in [-0.1, -0.05) is 30.3 Å². The lowest BCUT2D eigenvalue weighted by Gasteiger charge is -2.37. The van der Waals surface area contributed by atoms with Crippen molar-refractivity contribution >= 4 is 16.0 Å². The number of hydrogen-bond donors (Lipinski definition) is 1. The van der Waals surface area contributed by atoms with E-state index in [1.807, 2.05) is 6.07 Å². The Labute approximate surface area is 192 Å². The summed E-state index contributed by atoms with van der Waals surface area (Å²) in [5.41, 5.74) is 0.539. The van der Waals surface area contributed by atoms with Gasteiger partial charge in [-0.3, -0.25) is 4.79 Å². The van der Waals surface area contributed by atoms with E-state index in [9.17, 15) is 18.3 Å². The first-order valence-electron chi connectivity index (χ1n) is 11.0. The highest BCUT2D eigenvalue weighted by Gasteiger charge is 2.41. The summed E-state index contributed by atoms with van der Waals surface area (Å²) in [7, 11) is -3.80. The molecular weight excluding hydrogens is 452 g/mol. The van der Waals surface area contributed by atoms with Crippen molar-refractivity contribution in [3.8, 4) is 0 Å². The molecule has 9 heteroatoms. The number of aliphatic carboxylic acids is 1. The van der Waals surface area contributed by atoms with Gasteiger partial charge in [-0.05, 0) is 49.4 Å². The molecule has 2 fully saturated rings. The van der Waals surface area contributed by atoms with Crippen LogP contribution in [0.1, 0.15) is 54.0 Å². The van der Waals surface area contributed by atoms with Crippen LogP contribution in [0.4, 0.5) is 8.78 Å². The highest BCUT2D eigenvalue weighted by molar-refractivity contribution is 7.89. The molecule has 0 amide bonds. The van der Waals surface area contributed by atoms with E-state index in [0.717, 1.165) is 12.1 Å². The molecule has 0 saturated carbocycles. The van der Waals surface area contributed by atoms with Crippen molar-refractivity contribution in [2.75, 3.05) is 13.2 Å². The lowest BCUT2D eigenvalue weighted by Crippen LogP contribution is -2.44. The molecule has 178 valence electrons. The number of benzene rings is 2. The fourth-order valence-corrected chi connectivity index (χ4v) is 7.06. The second-order valence-corrected chi connectivity index (χ2v) is 10.9. The average molecular weight is 480 g/mol. The van der Waals surface area contributed by atoms with Crippen LogP contribution >= 0.6 is 0 Å². The SMILES string of the molecule is C[C@H]1CC[C@H](c2ccccc2)S(=O)(=O)N1Cc1cc(F)c([C@@H]2COCC[C@H]2C(=O)O)cc1F. The first-order valence-corrected chi connectivity index (χ1v) is 12.5. The van der Waals surface area contributed by atoms with E-state index in [-0.39, 0.29) is 43.3 Å². The molecule has 1 N–H and O–H groups in total. The fourth-order valence-electron chi connectivity index (χ4n) is 4.87. The van der Waals surface area contributed by atoms with Gasteiger partial charge in [-0.2, -0.15) is 4.31 Å². The van der Waals surface area contributed by atoms with Gasteiger partial charge in [-0.15, -0.1) is 0 Å². The zero-order chi connectivity index (χ0) is 23.8. The molecule has 0 unspecified atom stereocenters. The van der Waals surface area contributed by atoms with Crippen molar-refractivity contribution in [1.29, 1.82) is 0 Å². The normalized spacial score (nSPS) is 27.8. The molecule has 0 bridgehead atoms. The summed E-state index contributed by atoms with van der Waals surface area (Å²) >= 11 is 0. The number of hydrogen-bond acceptors (Lipinski definition) is 4. The molecule has 2 aromatic carbocycles. The monoisotopic (exact) mass is 479 g/mol. The van der Waals surface area contributed by atoms with Crippen molar-refractivity contribution in [1.82, 2.24) is 4.31 Å². The third kappa shape index (κ3) is 4.67. The summed E-state index contributed by atoms with van der Waals surface area (Å²) in [6.45, 7) is 1.71. The van der Waals surface area contributed by atoms with E-state index in [0.29, 0.717) is 18.4 Å². The molecule has 4 rings (SSSR count). The summed E-state index contributed by atoms with van der Waals surface area (Å²) in [5, 5.41) is 8.72. The molecule has 2 aliphatic heterocycles. The number of sulfonamides is 1. The predicted octanol–water partition coefficient (Wildman–Crippen LogP) is 4.22. The zero-order valence-electron chi connectivity index (χ0n) is 18.3. The van der Waals surface area contributed by atoms with Gasteiger partial charge in [0.05, 0.1) is 12.5 Å². The number of halogens is 2. The summed E-state index contributed by atoms with van der Waals surface area (Å²) in [6, 6.07) is 10.5. The van der Waals surface area contributed by atoms with Crippen LogP contribution in [0.3, 0.4) is 0 Å². The highest BCUT2D eigenvalue weighted by atomic mass is 32.2. The van der Waals surface area contributed by atoms with Gasteiger partial charge in [0.15, 0.2) is 0 Å². The molecule has 2 heterocycles. The maximum atomic E-state index is 15.1. The lowest BCUT2D eigenvalue weighted by atomic mass is 9.82. The van der Waals surface area contributed by atoms with Crippen LogP contribution in [0.2, 0.25) is 0 Å². The Hall–Kier alpha value is -2.36. The number of carboxylic acids is 1. The lowest BCUT2D eigenvalue weighted by molar-refractivity contribution is -0.146. The Kier molecular flexibility index (Phi) is 6.83. The third-order valence-corrected chi connectivity index (χ3v) is 9.13.